The van der Waals surface area contributed by atoms with Crippen LogP contribution in [-0.4, -0.2) is 38.3 Å². The molecule has 0 saturated carbocycles. The molecule has 27 heavy (non-hydrogen) atoms. The Morgan fingerprint density at radius 1 is 1.22 bits per heavy atom. The smallest absolute Gasteiger partial charge is 0.338 e. The molecule has 2 aromatic rings. The SMILES string of the molecule is Cc1ccc(S(C)(=O)=O)cc1C(=O)OCC(=O)Nc1cc(C(C)(C)C)no1. The number of aryl methyl sites for hydroxylation is 1. The fraction of sp³-hybridized carbons (Fsp3) is 0.389. The second-order valence-corrected chi connectivity index (χ2v) is 9.22. The molecule has 1 N–H and O–H groups in total. The summed E-state index contributed by atoms with van der Waals surface area (Å²) in [6.45, 7) is 6.94. The van der Waals surface area contributed by atoms with Crippen LogP contribution in [0.5, 0.6) is 0 Å². The lowest BCUT2D eigenvalue weighted by atomic mass is 9.92. The van der Waals surface area contributed by atoms with Crippen molar-refractivity contribution in [3.63, 3.8) is 0 Å². The van der Waals surface area contributed by atoms with Gasteiger partial charge in [0.25, 0.3) is 5.91 Å². The second-order valence-electron chi connectivity index (χ2n) is 7.20. The van der Waals surface area contributed by atoms with Crippen molar-refractivity contribution >= 4 is 27.6 Å². The summed E-state index contributed by atoms with van der Waals surface area (Å²) >= 11 is 0. The number of nitrogens with one attached hydrogen (secondary N) is 1. The van der Waals surface area contributed by atoms with E-state index in [1.807, 2.05) is 20.8 Å². The third-order valence-electron chi connectivity index (χ3n) is 3.73. The van der Waals surface area contributed by atoms with Crippen molar-refractivity contribution in [1.29, 1.82) is 0 Å². The molecule has 0 aliphatic carbocycles. The van der Waals surface area contributed by atoms with Crippen molar-refractivity contribution in [2.24, 2.45) is 0 Å². The number of esters is 1. The molecule has 0 saturated heterocycles. The maximum atomic E-state index is 12.2. The molecule has 0 aliphatic rings. The molecule has 0 atom stereocenters. The third kappa shape index (κ3) is 5.40. The zero-order valence-corrected chi connectivity index (χ0v) is 16.6. The minimum absolute atomic E-state index is 0.000807. The first-order chi connectivity index (χ1) is 12.4. The first-order valence-electron chi connectivity index (χ1n) is 8.13. The van der Waals surface area contributed by atoms with Crippen molar-refractivity contribution in [3.05, 3.63) is 41.1 Å². The first kappa shape index (κ1) is 20.6. The number of carbonyl (C=O) groups excluding carboxylic acids is 2. The van der Waals surface area contributed by atoms with E-state index in [9.17, 15) is 18.0 Å². The molecule has 1 heterocycles. The Morgan fingerprint density at radius 3 is 2.44 bits per heavy atom. The Bertz CT molecular complexity index is 970. The largest absolute Gasteiger partial charge is 0.452 e. The molecule has 8 nitrogen and oxygen atoms in total. The van der Waals surface area contributed by atoms with E-state index in [0.29, 0.717) is 11.3 Å². The number of rotatable bonds is 5. The molecule has 1 aromatic carbocycles. The van der Waals surface area contributed by atoms with Crippen LogP contribution in [0, 0.1) is 6.92 Å². The maximum absolute atomic E-state index is 12.2. The summed E-state index contributed by atoms with van der Waals surface area (Å²) < 4.78 is 33.3. The van der Waals surface area contributed by atoms with E-state index in [0.717, 1.165) is 6.26 Å². The molecule has 0 radical (unpaired) electrons. The predicted octanol–water partition coefficient (Wildman–Crippen LogP) is 2.48. The van der Waals surface area contributed by atoms with Gasteiger partial charge >= 0.3 is 5.97 Å². The minimum atomic E-state index is -3.46. The van der Waals surface area contributed by atoms with Crippen LogP contribution in [0.2, 0.25) is 0 Å². The third-order valence-corrected chi connectivity index (χ3v) is 4.84. The molecule has 1 aromatic heterocycles. The molecular formula is C18H22N2O6S. The Hall–Kier alpha value is -2.68. The number of amides is 1. The van der Waals surface area contributed by atoms with E-state index in [4.69, 9.17) is 9.26 Å². The summed E-state index contributed by atoms with van der Waals surface area (Å²) in [6.07, 6.45) is 1.05. The van der Waals surface area contributed by atoms with Gasteiger partial charge in [0.2, 0.25) is 5.88 Å². The quantitative estimate of drug-likeness (QED) is 0.775. The Kier molecular flexibility index (Phi) is 5.74. The van der Waals surface area contributed by atoms with Gasteiger partial charge < -0.3 is 9.26 Å². The Morgan fingerprint density at radius 2 is 1.89 bits per heavy atom. The van der Waals surface area contributed by atoms with Crippen LogP contribution >= 0.6 is 0 Å². The average Bonchev–Trinajstić information content (AvgIpc) is 3.00. The highest BCUT2D eigenvalue weighted by Gasteiger charge is 2.20. The molecule has 1 amide bonds. The lowest BCUT2D eigenvalue weighted by molar-refractivity contribution is -0.119. The number of anilines is 1. The highest BCUT2D eigenvalue weighted by Crippen LogP contribution is 2.23. The van der Waals surface area contributed by atoms with Gasteiger partial charge in [-0.15, -0.1) is 0 Å². The monoisotopic (exact) mass is 394 g/mol. The highest BCUT2D eigenvalue weighted by atomic mass is 32.2. The van der Waals surface area contributed by atoms with Crippen LogP contribution in [0.15, 0.2) is 33.7 Å². The number of ether oxygens (including phenoxy) is 1. The molecule has 0 bridgehead atoms. The topological polar surface area (TPSA) is 116 Å². The van der Waals surface area contributed by atoms with Gasteiger partial charge in [0, 0.05) is 17.7 Å². The van der Waals surface area contributed by atoms with E-state index >= 15 is 0 Å². The standard InChI is InChI=1S/C18H22N2O6S/c1-11-6-7-12(27(5,23)24)8-13(11)17(22)25-10-15(21)19-16-9-14(20-26-16)18(2,3)4/h6-9H,10H2,1-5H3,(H,19,21). The molecular weight excluding hydrogens is 372 g/mol. The summed E-state index contributed by atoms with van der Waals surface area (Å²) in [7, 11) is -3.46. The van der Waals surface area contributed by atoms with Gasteiger partial charge in [0.15, 0.2) is 16.4 Å². The number of hydrogen-bond acceptors (Lipinski definition) is 7. The van der Waals surface area contributed by atoms with Gasteiger partial charge in [0.1, 0.15) is 0 Å². The normalized spacial score (nSPS) is 11.9. The van der Waals surface area contributed by atoms with E-state index < -0.39 is 28.3 Å². The van der Waals surface area contributed by atoms with Crippen molar-refractivity contribution in [2.75, 3.05) is 18.2 Å². The van der Waals surface area contributed by atoms with Crippen LogP contribution in [0.4, 0.5) is 5.88 Å². The highest BCUT2D eigenvalue weighted by molar-refractivity contribution is 7.90. The summed E-state index contributed by atoms with van der Waals surface area (Å²) in [5.41, 5.74) is 1.06. The minimum Gasteiger partial charge on any atom is -0.452 e. The van der Waals surface area contributed by atoms with E-state index in [1.165, 1.54) is 18.2 Å². The van der Waals surface area contributed by atoms with Gasteiger partial charge in [-0.25, -0.2) is 13.2 Å². The number of aromatic nitrogens is 1. The molecule has 2 rings (SSSR count). The molecule has 0 unspecified atom stereocenters. The lowest BCUT2D eigenvalue weighted by Gasteiger charge is -2.12. The lowest BCUT2D eigenvalue weighted by Crippen LogP contribution is -2.21. The fourth-order valence-corrected chi connectivity index (χ4v) is 2.77. The van der Waals surface area contributed by atoms with Crippen molar-refractivity contribution in [1.82, 2.24) is 5.16 Å². The summed E-state index contributed by atoms with van der Waals surface area (Å²) in [6, 6.07) is 5.75. The van der Waals surface area contributed by atoms with Gasteiger partial charge in [-0.3, -0.25) is 10.1 Å². The number of sulfone groups is 1. The summed E-state index contributed by atoms with van der Waals surface area (Å²) in [4.78, 5) is 24.2. The summed E-state index contributed by atoms with van der Waals surface area (Å²) in [5, 5.41) is 6.32. The van der Waals surface area contributed by atoms with Crippen molar-refractivity contribution in [3.8, 4) is 0 Å². The van der Waals surface area contributed by atoms with Crippen LogP contribution in [0.1, 0.15) is 42.4 Å². The van der Waals surface area contributed by atoms with Gasteiger partial charge in [-0.2, -0.15) is 0 Å². The Balaban J connectivity index is 2.01. The van der Waals surface area contributed by atoms with Crippen LogP contribution in [0.3, 0.4) is 0 Å². The number of benzene rings is 1. The Labute approximate surface area is 157 Å². The van der Waals surface area contributed by atoms with Crippen LogP contribution in [0.25, 0.3) is 0 Å². The zero-order valence-electron chi connectivity index (χ0n) is 15.8. The van der Waals surface area contributed by atoms with Crippen molar-refractivity contribution in [2.45, 2.75) is 38.0 Å². The number of nitrogens with zero attached hydrogens (tertiary/aromatic N) is 1. The fourth-order valence-electron chi connectivity index (χ4n) is 2.12. The number of hydrogen-bond donors (Lipinski definition) is 1. The maximum Gasteiger partial charge on any atom is 0.338 e. The van der Waals surface area contributed by atoms with Gasteiger partial charge in [0.05, 0.1) is 16.2 Å². The van der Waals surface area contributed by atoms with E-state index in [-0.39, 0.29) is 21.8 Å². The van der Waals surface area contributed by atoms with Crippen LogP contribution < -0.4 is 5.32 Å². The van der Waals surface area contributed by atoms with Crippen LogP contribution in [-0.2, 0) is 24.8 Å². The summed E-state index contributed by atoms with van der Waals surface area (Å²) in [5.74, 6) is -1.24. The molecule has 9 heteroatoms. The van der Waals surface area contributed by atoms with E-state index in [1.54, 1.807) is 13.0 Å². The second kappa shape index (κ2) is 7.51. The van der Waals surface area contributed by atoms with Gasteiger partial charge in [-0.1, -0.05) is 32.0 Å². The molecule has 0 spiro atoms. The first-order valence-corrected chi connectivity index (χ1v) is 10.0. The predicted molar refractivity (Wildman–Crippen MR) is 98.4 cm³/mol. The molecule has 0 aliphatic heterocycles. The average molecular weight is 394 g/mol. The zero-order chi connectivity index (χ0) is 20.4. The number of carbonyl (C=O) groups is 2. The van der Waals surface area contributed by atoms with Gasteiger partial charge in [-0.05, 0) is 24.6 Å². The molecule has 0 fully saturated rings. The molecule has 146 valence electrons. The van der Waals surface area contributed by atoms with Crippen molar-refractivity contribution < 1.29 is 27.3 Å². The van der Waals surface area contributed by atoms with E-state index in [2.05, 4.69) is 10.5 Å².